The van der Waals surface area contributed by atoms with E-state index in [9.17, 15) is 10.2 Å². The highest BCUT2D eigenvalue weighted by molar-refractivity contribution is 5.25. The minimum absolute atomic E-state index is 0.121. The Balaban J connectivity index is 2.65. The van der Waals surface area contributed by atoms with E-state index in [2.05, 4.69) is 24.0 Å². The maximum absolute atomic E-state index is 9.69. The highest BCUT2D eigenvalue weighted by atomic mass is 16.3. The van der Waals surface area contributed by atoms with Crippen LogP contribution in [0.2, 0.25) is 0 Å². The normalized spacial score (nSPS) is 16.6. The van der Waals surface area contributed by atoms with E-state index in [0.717, 1.165) is 25.1 Å². The molecule has 0 bridgehead atoms. The van der Waals surface area contributed by atoms with Crippen molar-refractivity contribution in [1.29, 1.82) is 0 Å². The van der Waals surface area contributed by atoms with Crippen LogP contribution in [0.15, 0.2) is 30.3 Å². The Morgan fingerprint density at radius 2 is 1.89 bits per heavy atom. The van der Waals surface area contributed by atoms with Gasteiger partial charge in [0.1, 0.15) is 0 Å². The molecule has 0 saturated heterocycles. The van der Waals surface area contributed by atoms with Crippen molar-refractivity contribution in [3.05, 3.63) is 35.9 Å². The second-order valence-electron chi connectivity index (χ2n) is 5.46. The van der Waals surface area contributed by atoms with Crippen molar-refractivity contribution >= 4 is 0 Å². The van der Waals surface area contributed by atoms with E-state index in [-0.39, 0.29) is 18.1 Å². The minimum atomic E-state index is -0.274. The molecule has 0 spiro atoms. The molecule has 0 heterocycles. The fourth-order valence-electron chi connectivity index (χ4n) is 2.16. The Morgan fingerprint density at radius 1 is 1.28 bits per heavy atom. The maximum atomic E-state index is 9.69. The first kappa shape index (κ1) is 15.2. The molecule has 1 aromatic carbocycles. The Labute approximate surface area is 110 Å². The molecule has 1 aromatic rings. The zero-order valence-electron chi connectivity index (χ0n) is 11.6. The Morgan fingerprint density at radius 3 is 2.39 bits per heavy atom. The van der Waals surface area contributed by atoms with Crippen LogP contribution in [0.3, 0.4) is 0 Å². The lowest BCUT2D eigenvalue weighted by atomic mass is 9.83. The van der Waals surface area contributed by atoms with Crippen molar-refractivity contribution in [2.24, 2.45) is 0 Å². The lowest BCUT2D eigenvalue weighted by Crippen LogP contribution is -2.40. The van der Waals surface area contributed by atoms with Gasteiger partial charge in [0.05, 0.1) is 12.7 Å². The van der Waals surface area contributed by atoms with E-state index >= 15 is 0 Å². The van der Waals surface area contributed by atoms with Gasteiger partial charge in [0.2, 0.25) is 0 Å². The Kier molecular flexibility index (Phi) is 5.79. The molecule has 0 aliphatic rings. The molecule has 0 amide bonds. The van der Waals surface area contributed by atoms with Gasteiger partial charge in [0.25, 0.3) is 0 Å². The van der Waals surface area contributed by atoms with Gasteiger partial charge >= 0.3 is 0 Å². The van der Waals surface area contributed by atoms with Crippen molar-refractivity contribution < 1.29 is 10.2 Å². The highest BCUT2D eigenvalue weighted by Crippen LogP contribution is 2.24. The van der Waals surface area contributed by atoms with E-state index in [1.807, 2.05) is 25.2 Å². The molecular weight excluding hydrogens is 226 g/mol. The lowest BCUT2D eigenvalue weighted by molar-refractivity contribution is 0.134. The van der Waals surface area contributed by atoms with Crippen LogP contribution < -0.4 is 0 Å². The number of likely N-dealkylation sites (N-methyl/N-ethyl adjacent to an activating group) is 1. The molecule has 0 saturated carbocycles. The first-order chi connectivity index (χ1) is 8.48. The molecule has 0 radical (unpaired) electrons. The molecule has 0 fully saturated rings. The van der Waals surface area contributed by atoms with Crippen LogP contribution in [0.4, 0.5) is 0 Å². The summed E-state index contributed by atoms with van der Waals surface area (Å²) in [5.41, 5.74) is 0.894. The third kappa shape index (κ3) is 4.41. The van der Waals surface area contributed by atoms with Crippen LogP contribution in [-0.2, 0) is 5.41 Å². The summed E-state index contributed by atoms with van der Waals surface area (Å²) in [6, 6.07) is 10.1. The second-order valence-corrected chi connectivity index (χ2v) is 5.46. The lowest BCUT2D eigenvalue weighted by Gasteiger charge is -2.33. The van der Waals surface area contributed by atoms with Gasteiger partial charge in [-0.1, -0.05) is 37.3 Å². The smallest absolute Gasteiger partial charge is 0.0537 e. The van der Waals surface area contributed by atoms with Crippen molar-refractivity contribution in [3.63, 3.8) is 0 Å². The molecule has 102 valence electrons. The quantitative estimate of drug-likeness (QED) is 0.774. The van der Waals surface area contributed by atoms with Gasteiger partial charge in [0.15, 0.2) is 0 Å². The molecule has 2 atom stereocenters. The summed E-state index contributed by atoms with van der Waals surface area (Å²) in [6.07, 6.45) is 0.483. The summed E-state index contributed by atoms with van der Waals surface area (Å²) in [7, 11) is 2.03. The Bertz CT molecular complexity index is 340. The highest BCUT2D eigenvalue weighted by Gasteiger charge is 2.27. The third-order valence-corrected chi connectivity index (χ3v) is 3.37. The number of benzene rings is 1. The SMILES string of the molecule is CC(O)CCN(C)CC(C)(CO)c1ccccc1. The average molecular weight is 251 g/mol. The minimum Gasteiger partial charge on any atom is -0.395 e. The number of aliphatic hydroxyl groups excluding tert-OH is 2. The number of hydrogen-bond acceptors (Lipinski definition) is 3. The first-order valence-corrected chi connectivity index (χ1v) is 6.51. The van der Waals surface area contributed by atoms with Gasteiger partial charge in [-0.3, -0.25) is 0 Å². The molecule has 3 heteroatoms. The average Bonchev–Trinajstić information content (AvgIpc) is 2.37. The molecule has 0 aliphatic carbocycles. The van der Waals surface area contributed by atoms with Crippen LogP contribution in [0, 0.1) is 0 Å². The molecular formula is C15H25NO2. The van der Waals surface area contributed by atoms with Gasteiger partial charge in [-0.2, -0.15) is 0 Å². The van der Waals surface area contributed by atoms with Crippen molar-refractivity contribution in [2.75, 3.05) is 26.7 Å². The third-order valence-electron chi connectivity index (χ3n) is 3.37. The molecule has 0 aromatic heterocycles. The zero-order valence-corrected chi connectivity index (χ0v) is 11.6. The summed E-state index contributed by atoms with van der Waals surface area (Å²) < 4.78 is 0. The summed E-state index contributed by atoms with van der Waals surface area (Å²) in [5, 5.41) is 19.0. The topological polar surface area (TPSA) is 43.7 Å². The predicted octanol–water partition coefficient (Wildman–Crippen LogP) is 1.64. The zero-order chi connectivity index (χ0) is 13.6. The predicted molar refractivity (Wildman–Crippen MR) is 74.7 cm³/mol. The number of rotatable bonds is 7. The summed E-state index contributed by atoms with van der Waals surface area (Å²) in [6.45, 7) is 5.60. The standard InChI is InChI=1S/C15H25NO2/c1-13(18)9-10-16(3)11-15(2,12-17)14-7-5-4-6-8-14/h4-8,13,17-18H,9-12H2,1-3H3. The van der Waals surface area contributed by atoms with Gasteiger partial charge in [0, 0.05) is 18.5 Å². The fraction of sp³-hybridized carbons (Fsp3) is 0.600. The van der Waals surface area contributed by atoms with Crippen LogP contribution in [0.5, 0.6) is 0 Å². The van der Waals surface area contributed by atoms with Gasteiger partial charge in [-0.25, -0.2) is 0 Å². The van der Waals surface area contributed by atoms with Crippen LogP contribution in [0.25, 0.3) is 0 Å². The van der Waals surface area contributed by atoms with E-state index in [4.69, 9.17) is 0 Å². The molecule has 1 rings (SSSR count). The van der Waals surface area contributed by atoms with Crippen LogP contribution >= 0.6 is 0 Å². The van der Waals surface area contributed by atoms with Crippen molar-refractivity contribution in [3.8, 4) is 0 Å². The summed E-state index contributed by atoms with van der Waals surface area (Å²) in [5.74, 6) is 0. The summed E-state index contributed by atoms with van der Waals surface area (Å²) >= 11 is 0. The molecule has 2 unspecified atom stereocenters. The van der Waals surface area contributed by atoms with E-state index in [1.54, 1.807) is 6.92 Å². The summed E-state index contributed by atoms with van der Waals surface area (Å²) in [4.78, 5) is 2.16. The van der Waals surface area contributed by atoms with E-state index in [1.165, 1.54) is 0 Å². The van der Waals surface area contributed by atoms with Crippen LogP contribution in [-0.4, -0.2) is 48.0 Å². The largest absolute Gasteiger partial charge is 0.395 e. The van der Waals surface area contributed by atoms with Gasteiger partial charge in [-0.15, -0.1) is 0 Å². The van der Waals surface area contributed by atoms with Crippen LogP contribution in [0.1, 0.15) is 25.8 Å². The Hall–Kier alpha value is -0.900. The molecule has 18 heavy (non-hydrogen) atoms. The number of nitrogens with zero attached hydrogens (tertiary/aromatic N) is 1. The second kappa shape index (κ2) is 6.88. The monoisotopic (exact) mass is 251 g/mol. The van der Waals surface area contributed by atoms with E-state index < -0.39 is 0 Å². The molecule has 0 aliphatic heterocycles. The van der Waals surface area contributed by atoms with Gasteiger partial charge < -0.3 is 15.1 Å². The first-order valence-electron chi connectivity index (χ1n) is 6.51. The molecule has 3 nitrogen and oxygen atoms in total. The maximum Gasteiger partial charge on any atom is 0.0537 e. The number of aliphatic hydroxyl groups is 2. The number of hydrogen-bond donors (Lipinski definition) is 2. The van der Waals surface area contributed by atoms with Crippen molar-refractivity contribution in [2.45, 2.75) is 31.8 Å². The molecule has 2 N–H and O–H groups in total. The van der Waals surface area contributed by atoms with Gasteiger partial charge in [-0.05, 0) is 26.0 Å². The van der Waals surface area contributed by atoms with Crippen molar-refractivity contribution in [1.82, 2.24) is 4.90 Å². The van der Waals surface area contributed by atoms with E-state index in [0.29, 0.717) is 0 Å². The fourth-order valence-corrected chi connectivity index (χ4v) is 2.16.